The highest BCUT2D eigenvalue weighted by atomic mass is 16.4. The Labute approximate surface area is 102 Å². The Morgan fingerprint density at radius 2 is 1.94 bits per heavy atom. The molecule has 92 valence electrons. The number of carboxylic acids is 1. The number of rotatable bonds is 4. The summed E-state index contributed by atoms with van der Waals surface area (Å²) in [5, 5.41) is 12.5. The van der Waals surface area contributed by atoms with Crippen molar-refractivity contribution < 1.29 is 9.90 Å². The number of hydrogen-bond donors (Lipinski definition) is 2. The van der Waals surface area contributed by atoms with Crippen LogP contribution in [0.4, 0.5) is 0 Å². The Hall–Kier alpha value is -1.35. The third-order valence-electron chi connectivity index (χ3n) is 3.86. The van der Waals surface area contributed by atoms with Gasteiger partial charge in [0, 0.05) is 6.54 Å². The van der Waals surface area contributed by atoms with E-state index in [9.17, 15) is 9.90 Å². The van der Waals surface area contributed by atoms with E-state index in [0.29, 0.717) is 6.54 Å². The van der Waals surface area contributed by atoms with Crippen LogP contribution in [-0.4, -0.2) is 16.6 Å². The first-order valence-corrected chi connectivity index (χ1v) is 6.09. The van der Waals surface area contributed by atoms with E-state index in [4.69, 9.17) is 0 Å². The molecule has 2 N–H and O–H groups in total. The second-order valence-corrected chi connectivity index (χ2v) is 4.96. The molecule has 0 saturated heterocycles. The van der Waals surface area contributed by atoms with Crippen LogP contribution < -0.4 is 5.32 Å². The number of nitrogens with one attached hydrogen (secondary N) is 1. The van der Waals surface area contributed by atoms with Crippen molar-refractivity contribution in [2.24, 2.45) is 0 Å². The van der Waals surface area contributed by atoms with Crippen molar-refractivity contribution in [2.45, 2.75) is 45.2 Å². The molecule has 0 heterocycles. The normalized spacial score (nSPS) is 17.5. The van der Waals surface area contributed by atoms with E-state index in [1.807, 2.05) is 6.07 Å². The Balaban J connectivity index is 2.10. The van der Waals surface area contributed by atoms with Gasteiger partial charge >= 0.3 is 5.97 Å². The Morgan fingerprint density at radius 1 is 1.35 bits per heavy atom. The van der Waals surface area contributed by atoms with Crippen molar-refractivity contribution in [3.63, 3.8) is 0 Å². The number of carboxylic acid groups (broad SMARTS) is 1. The van der Waals surface area contributed by atoms with Crippen LogP contribution in [0.1, 0.15) is 36.0 Å². The SMILES string of the molecule is Cc1cccc(C)c1CNC1(C(=O)O)CCC1. The van der Waals surface area contributed by atoms with Gasteiger partial charge in [0.25, 0.3) is 0 Å². The van der Waals surface area contributed by atoms with E-state index in [1.165, 1.54) is 16.7 Å². The zero-order valence-electron chi connectivity index (χ0n) is 10.4. The highest BCUT2D eigenvalue weighted by Crippen LogP contribution is 2.32. The van der Waals surface area contributed by atoms with Crippen molar-refractivity contribution in [1.82, 2.24) is 5.32 Å². The summed E-state index contributed by atoms with van der Waals surface area (Å²) in [5.74, 6) is -0.713. The van der Waals surface area contributed by atoms with Crippen LogP contribution in [0.25, 0.3) is 0 Å². The fraction of sp³-hybridized carbons (Fsp3) is 0.500. The smallest absolute Gasteiger partial charge is 0.323 e. The number of benzene rings is 1. The number of aryl methyl sites for hydroxylation is 2. The van der Waals surface area contributed by atoms with E-state index in [1.54, 1.807) is 0 Å². The van der Waals surface area contributed by atoms with Crippen molar-refractivity contribution in [3.05, 3.63) is 34.9 Å². The van der Waals surface area contributed by atoms with Crippen LogP contribution in [0.15, 0.2) is 18.2 Å². The van der Waals surface area contributed by atoms with Crippen LogP contribution in [0.3, 0.4) is 0 Å². The molecule has 1 aliphatic carbocycles. The van der Waals surface area contributed by atoms with Gasteiger partial charge in [0.05, 0.1) is 0 Å². The van der Waals surface area contributed by atoms with Crippen molar-refractivity contribution in [1.29, 1.82) is 0 Å². The molecule has 1 aromatic carbocycles. The van der Waals surface area contributed by atoms with Gasteiger partial charge in [-0.1, -0.05) is 18.2 Å². The predicted octanol–water partition coefficient (Wildman–Crippen LogP) is 2.40. The monoisotopic (exact) mass is 233 g/mol. The summed E-state index contributed by atoms with van der Waals surface area (Å²) in [7, 11) is 0. The number of carbonyl (C=O) groups is 1. The maximum absolute atomic E-state index is 11.2. The summed E-state index contributed by atoms with van der Waals surface area (Å²) in [6, 6.07) is 6.17. The van der Waals surface area contributed by atoms with Crippen LogP contribution in [-0.2, 0) is 11.3 Å². The van der Waals surface area contributed by atoms with Gasteiger partial charge in [0.1, 0.15) is 5.54 Å². The topological polar surface area (TPSA) is 49.3 Å². The molecular formula is C14H19NO2. The molecule has 1 fully saturated rings. The van der Waals surface area contributed by atoms with Gasteiger partial charge in [-0.3, -0.25) is 10.1 Å². The van der Waals surface area contributed by atoms with E-state index in [-0.39, 0.29) is 0 Å². The first-order valence-electron chi connectivity index (χ1n) is 6.09. The fourth-order valence-corrected chi connectivity index (χ4v) is 2.38. The van der Waals surface area contributed by atoms with Gasteiger partial charge in [-0.2, -0.15) is 0 Å². The minimum atomic E-state index is -0.713. The van der Waals surface area contributed by atoms with Gasteiger partial charge in [-0.05, 0) is 49.8 Å². The van der Waals surface area contributed by atoms with E-state index in [0.717, 1.165) is 19.3 Å². The third-order valence-corrected chi connectivity index (χ3v) is 3.86. The van der Waals surface area contributed by atoms with Gasteiger partial charge < -0.3 is 5.11 Å². The molecule has 0 aromatic heterocycles. The highest BCUT2D eigenvalue weighted by molar-refractivity contribution is 5.80. The fourth-order valence-electron chi connectivity index (χ4n) is 2.38. The summed E-state index contributed by atoms with van der Waals surface area (Å²) in [6.07, 6.45) is 2.49. The molecule has 2 rings (SSSR count). The van der Waals surface area contributed by atoms with Crippen molar-refractivity contribution in [3.8, 4) is 0 Å². The molecule has 1 saturated carbocycles. The summed E-state index contributed by atoms with van der Waals surface area (Å²) >= 11 is 0. The lowest BCUT2D eigenvalue weighted by Gasteiger charge is -2.38. The molecule has 0 unspecified atom stereocenters. The van der Waals surface area contributed by atoms with Crippen LogP contribution in [0.5, 0.6) is 0 Å². The molecule has 3 heteroatoms. The molecule has 0 amide bonds. The van der Waals surface area contributed by atoms with Gasteiger partial charge in [-0.15, -0.1) is 0 Å². The number of hydrogen-bond acceptors (Lipinski definition) is 2. The largest absolute Gasteiger partial charge is 0.480 e. The maximum Gasteiger partial charge on any atom is 0.323 e. The lowest BCUT2D eigenvalue weighted by Crippen LogP contribution is -2.56. The van der Waals surface area contributed by atoms with Crippen LogP contribution in [0, 0.1) is 13.8 Å². The average Bonchev–Trinajstić information content (AvgIpc) is 2.19. The van der Waals surface area contributed by atoms with Gasteiger partial charge in [0.15, 0.2) is 0 Å². The molecule has 0 atom stereocenters. The van der Waals surface area contributed by atoms with Crippen molar-refractivity contribution >= 4 is 5.97 Å². The molecule has 0 bridgehead atoms. The third kappa shape index (κ3) is 2.20. The molecule has 1 aliphatic rings. The van der Waals surface area contributed by atoms with Gasteiger partial charge in [0.2, 0.25) is 0 Å². The van der Waals surface area contributed by atoms with E-state index >= 15 is 0 Å². The second-order valence-electron chi connectivity index (χ2n) is 4.96. The quantitative estimate of drug-likeness (QED) is 0.839. The van der Waals surface area contributed by atoms with Crippen molar-refractivity contribution in [2.75, 3.05) is 0 Å². The average molecular weight is 233 g/mol. The Morgan fingerprint density at radius 3 is 2.35 bits per heavy atom. The summed E-state index contributed by atoms with van der Waals surface area (Å²) < 4.78 is 0. The lowest BCUT2D eigenvalue weighted by molar-refractivity contribution is -0.148. The van der Waals surface area contributed by atoms with Gasteiger partial charge in [-0.25, -0.2) is 0 Å². The molecule has 17 heavy (non-hydrogen) atoms. The molecule has 0 aliphatic heterocycles. The molecule has 0 radical (unpaired) electrons. The van der Waals surface area contributed by atoms with E-state index < -0.39 is 11.5 Å². The Kier molecular flexibility index (Phi) is 3.20. The molecule has 0 spiro atoms. The predicted molar refractivity (Wildman–Crippen MR) is 67.0 cm³/mol. The Bertz CT molecular complexity index is 416. The standard InChI is InChI=1S/C14H19NO2/c1-10-5-3-6-11(2)12(10)9-15-14(13(16)17)7-4-8-14/h3,5-6,15H,4,7-9H2,1-2H3,(H,16,17). The first-order chi connectivity index (χ1) is 8.05. The minimum absolute atomic E-state index is 0.644. The summed E-state index contributed by atoms with van der Waals surface area (Å²) in [5.41, 5.74) is 2.99. The number of aliphatic carboxylic acids is 1. The van der Waals surface area contributed by atoms with E-state index in [2.05, 4.69) is 31.3 Å². The zero-order chi connectivity index (χ0) is 12.5. The maximum atomic E-state index is 11.2. The highest BCUT2D eigenvalue weighted by Gasteiger charge is 2.43. The molecular weight excluding hydrogens is 214 g/mol. The minimum Gasteiger partial charge on any atom is -0.480 e. The first kappa shape index (κ1) is 12.1. The zero-order valence-corrected chi connectivity index (χ0v) is 10.4. The summed E-state index contributed by atoms with van der Waals surface area (Å²) in [4.78, 5) is 11.2. The second kappa shape index (κ2) is 4.49. The van der Waals surface area contributed by atoms with Crippen LogP contribution in [0.2, 0.25) is 0 Å². The molecule has 1 aromatic rings. The van der Waals surface area contributed by atoms with Crippen LogP contribution >= 0.6 is 0 Å². The lowest BCUT2D eigenvalue weighted by atomic mass is 9.76. The summed E-state index contributed by atoms with van der Waals surface area (Å²) in [6.45, 7) is 4.78. The molecule has 3 nitrogen and oxygen atoms in total.